The highest BCUT2D eigenvalue weighted by atomic mass is 35.5. The number of anilines is 1. The van der Waals surface area contributed by atoms with Gasteiger partial charge in [0.05, 0.1) is 15.7 Å². The van der Waals surface area contributed by atoms with Crippen LogP contribution in [0.3, 0.4) is 0 Å². The molecule has 0 aliphatic rings. The van der Waals surface area contributed by atoms with E-state index in [1.807, 2.05) is 0 Å². The summed E-state index contributed by atoms with van der Waals surface area (Å²) >= 11 is 11.1. The lowest BCUT2D eigenvalue weighted by Crippen LogP contribution is -1.85. The summed E-state index contributed by atoms with van der Waals surface area (Å²) in [5.74, 6) is 0. The van der Waals surface area contributed by atoms with E-state index in [0.717, 1.165) is 0 Å². The van der Waals surface area contributed by atoms with Crippen molar-refractivity contribution in [2.24, 2.45) is 0 Å². The molecule has 0 saturated heterocycles. The zero-order valence-corrected chi connectivity index (χ0v) is 6.50. The lowest BCUT2D eigenvalue weighted by atomic mass is 10.3. The monoisotopic (exact) mass is 175 g/mol. The number of nitrogens with two attached hydrogens (primary N) is 1. The van der Waals surface area contributed by atoms with E-state index < -0.39 is 0 Å². The normalized spacial score (nSPS) is 9.80. The number of halogens is 2. The third-order valence-corrected chi connectivity index (χ3v) is 1.66. The molecule has 3 N–H and O–H groups in total. The van der Waals surface area contributed by atoms with Crippen LogP contribution in [-0.2, 0) is 0 Å². The van der Waals surface area contributed by atoms with Crippen LogP contribution in [0.1, 0.15) is 0 Å². The molecule has 0 aliphatic carbocycles. The second kappa shape index (κ2) is 2.56. The van der Waals surface area contributed by atoms with Gasteiger partial charge in [-0.05, 0) is 12.1 Å². The van der Waals surface area contributed by atoms with Crippen LogP contribution in [0.25, 0.3) is 0 Å². The van der Waals surface area contributed by atoms with E-state index >= 15 is 0 Å². The molecule has 0 atom stereocenters. The Morgan fingerprint density at radius 1 is 1.20 bits per heavy atom. The van der Waals surface area contributed by atoms with Gasteiger partial charge < -0.3 is 5.73 Å². The van der Waals surface area contributed by atoms with Crippen LogP contribution in [0, 0.1) is 0 Å². The van der Waals surface area contributed by atoms with E-state index in [1.165, 1.54) is 12.1 Å². The van der Waals surface area contributed by atoms with Crippen molar-refractivity contribution in [2.75, 3.05) is 5.73 Å². The first-order valence-corrected chi connectivity index (χ1v) is 3.33. The third kappa shape index (κ3) is 1.28. The van der Waals surface area contributed by atoms with E-state index in [9.17, 15) is 0 Å². The predicted molar refractivity (Wildman–Crippen MR) is 43.6 cm³/mol. The van der Waals surface area contributed by atoms with Crippen molar-refractivity contribution in [1.29, 1.82) is 0 Å². The van der Waals surface area contributed by atoms with Crippen molar-refractivity contribution in [3.05, 3.63) is 22.2 Å². The van der Waals surface area contributed by atoms with Crippen molar-refractivity contribution < 1.29 is 0 Å². The third-order valence-electron chi connectivity index (χ3n) is 1.06. The van der Waals surface area contributed by atoms with Crippen molar-refractivity contribution in [3.63, 3.8) is 0 Å². The SMILES string of the molecule is [NH]c1c(Cl)cc(N)cc1Cl. The van der Waals surface area contributed by atoms with Crippen LogP contribution in [0.15, 0.2) is 12.1 Å². The van der Waals surface area contributed by atoms with Crippen molar-refractivity contribution in [1.82, 2.24) is 5.73 Å². The molecule has 0 fully saturated rings. The molecule has 0 heterocycles. The predicted octanol–water partition coefficient (Wildman–Crippen LogP) is 2.49. The molecule has 0 spiro atoms. The van der Waals surface area contributed by atoms with E-state index in [2.05, 4.69) is 0 Å². The molecule has 0 unspecified atom stereocenters. The van der Waals surface area contributed by atoms with Gasteiger partial charge >= 0.3 is 0 Å². The van der Waals surface area contributed by atoms with Crippen molar-refractivity contribution in [2.45, 2.75) is 0 Å². The summed E-state index contributed by atoms with van der Waals surface area (Å²) in [4.78, 5) is 0. The Labute approximate surface area is 68.7 Å². The maximum atomic E-state index is 7.22. The highest BCUT2D eigenvalue weighted by molar-refractivity contribution is 6.38. The van der Waals surface area contributed by atoms with Crippen LogP contribution in [0.5, 0.6) is 0 Å². The molecule has 0 amide bonds. The molecule has 4 heteroatoms. The Kier molecular flexibility index (Phi) is 1.92. The average molecular weight is 176 g/mol. The van der Waals surface area contributed by atoms with Crippen molar-refractivity contribution >= 4 is 34.6 Å². The van der Waals surface area contributed by atoms with Crippen LogP contribution < -0.4 is 11.5 Å². The largest absolute Gasteiger partial charge is 0.399 e. The molecule has 10 heavy (non-hydrogen) atoms. The first-order chi connectivity index (χ1) is 4.61. The Balaban J connectivity index is 3.31. The first-order valence-electron chi connectivity index (χ1n) is 2.57. The smallest absolute Gasteiger partial charge is 0.0913 e. The molecule has 0 aliphatic heterocycles. The average Bonchev–Trinajstić information content (AvgIpc) is 1.82. The van der Waals surface area contributed by atoms with Gasteiger partial charge in [0.25, 0.3) is 0 Å². The molecule has 0 aromatic heterocycles. The highest BCUT2D eigenvalue weighted by Gasteiger charge is 2.02. The molecular formula is C6H5Cl2N2. The Bertz CT molecular complexity index is 237. The summed E-state index contributed by atoms with van der Waals surface area (Å²) in [6.07, 6.45) is 0. The second-order valence-corrected chi connectivity index (χ2v) is 2.67. The van der Waals surface area contributed by atoms with Crippen LogP contribution >= 0.6 is 23.2 Å². The minimum absolute atomic E-state index is 0.123. The first kappa shape index (κ1) is 7.51. The summed E-state index contributed by atoms with van der Waals surface area (Å²) in [6, 6.07) is 2.99. The Hall–Kier alpha value is -0.600. The van der Waals surface area contributed by atoms with E-state index in [1.54, 1.807) is 0 Å². The number of hydrogen-bond donors (Lipinski definition) is 1. The molecule has 1 rings (SSSR count). The van der Waals surface area contributed by atoms with Gasteiger partial charge in [-0.15, -0.1) is 0 Å². The van der Waals surface area contributed by atoms with Gasteiger partial charge in [0.2, 0.25) is 0 Å². The minimum Gasteiger partial charge on any atom is -0.399 e. The molecule has 2 nitrogen and oxygen atoms in total. The fourth-order valence-electron chi connectivity index (χ4n) is 0.593. The number of benzene rings is 1. The summed E-state index contributed by atoms with van der Waals surface area (Å²) in [7, 11) is 0. The van der Waals surface area contributed by atoms with Gasteiger partial charge in [-0.25, -0.2) is 0 Å². The molecule has 1 aromatic rings. The molecule has 1 aromatic carbocycles. The van der Waals surface area contributed by atoms with Crippen LogP contribution in [0.2, 0.25) is 10.0 Å². The second-order valence-electron chi connectivity index (χ2n) is 1.86. The van der Waals surface area contributed by atoms with E-state index in [-0.39, 0.29) is 15.7 Å². The fraction of sp³-hybridized carbons (Fsp3) is 0. The fourth-order valence-corrected chi connectivity index (χ4v) is 1.10. The zero-order valence-electron chi connectivity index (χ0n) is 4.99. The van der Waals surface area contributed by atoms with E-state index in [0.29, 0.717) is 5.69 Å². The van der Waals surface area contributed by atoms with Gasteiger partial charge in [-0.3, -0.25) is 5.73 Å². The maximum absolute atomic E-state index is 7.22. The van der Waals surface area contributed by atoms with Gasteiger partial charge in [0.15, 0.2) is 0 Å². The summed E-state index contributed by atoms with van der Waals surface area (Å²) < 4.78 is 0. The standard InChI is InChI=1S/C6H5Cl2N2/c7-4-1-3(9)2-5(8)6(4)10/h1-2,10H,9H2. The maximum Gasteiger partial charge on any atom is 0.0913 e. The molecule has 0 bridgehead atoms. The van der Waals surface area contributed by atoms with Gasteiger partial charge in [0.1, 0.15) is 0 Å². The highest BCUT2D eigenvalue weighted by Crippen LogP contribution is 2.30. The molecule has 0 saturated carbocycles. The zero-order chi connectivity index (χ0) is 7.72. The van der Waals surface area contributed by atoms with E-state index in [4.69, 9.17) is 34.7 Å². The topological polar surface area (TPSA) is 49.8 Å². The summed E-state index contributed by atoms with van der Waals surface area (Å²) in [6.45, 7) is 0. The summed E-state index contributed by atoms with van der Waals surface area (Å²) in [5.41, 5.74) is 13.2. The summed E-state index contributed by atoms with van der Waals surface area (Å²) in [5, 5.41) is 0.565. The van der Waals surface area contributed by atoms with Crippen molar-refractivity contribution in [3.8, 4) is 0 Å². The molecule has 53 valence electrons. The van der Waals surface area contributed by atoms with Crippen LogP contribution in [0.4, 0.5) is 11.4 Å². The lowest BCUT2D eigenvalue weighted by Gasteiger charge is -1.99. The number of nitrogens with one attached hydrogen (secondary N) is 1. The molecular weight excluding hydrogens is 171 g/mol. The Morgan fingerprint density at radius 2 is 1.60 bits per heavy atom. The van der Waals surface area contributed by atoms with Gasteiger partial charge in [0, 0.05) is 5.69 Å². The lowest BCUT2D eigenvalue weighted by molar-refractivity contribution is 1.48. The number of hydrogen-bond acceptors (Lipinski definition) is 1. The number of nitrogen functional groups attached to an aromatic ring is 1. The van der Waals surface area contributed by atoms with Gasteiger partial charge in [-0.2, -0.15) is 0 Å². The minimum atomic E-state index is 0.123. The molecule has 1 radical (unpaired) electrons. The van der Waals surface area contributed by atoms with Crippen LogP contribution in [-0.4, -0.2) is 0 Å². The van der Waals surface area contributed by atoms with Gasteiger partial charge in [-0.1, -0.05) is 23.2 Å². The number of rotatable bonds is 0. The Morgan fingerprint density at radius 3 is 2.00 bits per heavy atom. The quantitative estimate of drug-likeness (QED) is 0.606.